The van der Waals surface area contributed by atoms with Gasteiger partial charge in [-0.3, -0.25) is 47.9 Å². The van der Waals surface area contributed by atoms with Crippen LogP contribution in [-0.2, 0) is 82.7 Å². The highest BCUT2D eigenvalue weighted by Gasteiger charge is 2.21. The zero-order chi connectivity index (χ0) is 67.5. The Bertz CT molecular complexity index is 1960. The predicted octanol–water partition coefficient (Wildman–Crippen LogP) is 1.83. The van der Waals surface area contributed by atoms with E-state index in [2.05, 4.69) is 53.2 Å². The second kappa shape index (κ2) is 58.4. The average Bonchev–Trinajstić information content (AvgIpc) is 1.38. The molecule has 1 aromatic carbocycles. The molecule has 0 bridgehead atoms. The van der Waals surface area contributed by atoms with E-state index in [0.717, 1.165) is 51.4 Å². The number of unbranched alkanes of at least 4 members (excludes halogenated alkanes) is 4. The maximum Gasteiger partial charge on any atom is 0.251 e. The first-order chi connectivity index (χ1) is 44.6. The molecule has 1 aromatic rings. The molecule has 0 atom stereocenters. The lowest BCUT2D eigenvalue weighted by molar-refractivity contribution is -0.123. The van der Waals surface area contributed by atoms with Gasteiger partial charge in [-0.2, -0.15) is 0 Å². The average molecular weight is 1310 g/mol. The molecule has 0 unspecified atom stereocenters. The van der Waals surface area contributed by atoms with Crippen molar-refractivity contribution in [3.05, 3.63) is 34.9 Å². The van der Waals surface area contributed by atoms with E-state index in [4.69, 9.17) is 37.9 Å². The Hall–Kier alpha value is -6.40. The van der Waals surface area contributed by atoms with Crippen LogP contribution in [-0.4, -0.2) is 231 Å². The molecule has 0 heterocycles. The minimum atomic E-state index is -0.765. The van der Waals surface area contributed by atoms with Crippen LogP contribution in [0.1, 0.15) is 162 Å². The monoisotopic (exact) mass is 1310 g/mol. The number of amides is 10. The molecule has 526 valence electrons. The van der Waals surface area contributed by atoms with Crippen molar-refractivity contribution in [3.63, 3.8) is 0 Å². The van der Waals surface area contributed by atoms with Crippen LogP contribution in [0, 0.1) is 0 Å². The van der Waals surface area contributed by atoms with E-state index in [0.29, 0.717) is 142 Å². The summed E-state index contributed by atoms with van der Waals surface area (Å²) in [6.07, 6.45) is 10.4. The van der Waals surface area contributed by atoms with Gasteiger partial charge in [0, 0.05) is 170 Å². The SMILES string of the molecule is CCc1cc(C(=O)NC(COCCC(=O)NCCCNC(=O)CCCCOC)COCCC(=O)NCCCNC(=O)CCCCOC)cc(C(=O)NC(COCCC(=O)NCCCNC(=O)CCCCOC)COCCC(=O)NCCCNC(=O)CCCCOC)c1. The smallest absolute Gasteiger partial charge is 0.251 e. The second-order valence-electron chi connectivity index (χ2n) is 21.9. The third-order valence-corrected chi connectivity index (χ3v) is 13.8. The van der Waals surface area contributed by atoms with Crippen LogP contribution in [0.15, 0.2) is 18.2 Å². The van der Waals surface area contributed by atoms with Crippen molar-refractivity contribution in [1.29, 1.82) is 0 Å². The molecule has 92 heavy (non-hydrogen) atoms. The van der Waals surface area contributed by atoms with Crippen LogP contribution in [0.4, 0.5) is 0 Å². The molecule has 0 radical (unpaired) electrons. The number of rotatable bonds is 61. The van der Waals surface area contributed by atoms with Gasteiger partial charge in [-0.15, -0.1) is 0 Å². The summed E-state index contributed by atoms with van der Waals surface area (Å²) in [7, 11) is 6.46. The van der Waals surface area contributed by atoms with Crippen LogP contribution < -0.4 is 53.2 Å². The summed E-state index contributed by atoms with van der Waals surface area (Å²) in [4.78, 5) is 127. The molecule has 0 aliphatic heterocycles. The number of hydrogen-bond donors (Lipinski definition) is 10. The van der Waals surface area contributed by atoms with Crippen LogP contribution >= 0.6 is 0 Å². The highest BCUT2D eigenvalue weighted by molar-refractivity contribution is 6.00. The van der Waals surface area contributed by atoms with E-state index >= 15 is 0 Å². The van der Waals surface area contributed by atoms with E-state index in [9.17, 15) is 47.9 Å². The molecule has 10 N–H and O–H groups in total. The Morgan fingerprint density at radius 3 is 0.750 bits per heavy atom. The fourth-order valence-corrected chi connectivity index (χ4v) is 8.53. The standard InChI is InChI=1S/C64H112N10O18/c1-6-50-43-51(63(83)73-53(46-89-39-23-59(79)69-31-15-27-65-55(75)19-7-11-35-85-2)47-90-40-24-60(80)70-32-16-28-66-56(76)20-8-12-36-86-3)45-52(44-50)64(84)74-54(48-91-41-25-61(81)71-33-17-29-67-57(77)21-9-13-37-87-4)49-92-42-26-62(82)72-34-18-30-68-58(78)22-10-14-38-88-5/h43-45,53-54H,6-42,46-49H2,1-5H3,(H,65,75)(H,66,76)(H,67,77)(H,68,78)(H,69,79)(H,70,80)(H,71,81)(H,72,82)(H,73,83)(H,74,84). The zero-order valence-electron chi connectivity index (χ0n) is 55.7. The van der Waals surface area contributed by atoms with Gasteiger partial charge in [-0.25, -0.2) is 0 Å². The summed E-state index contributed by atoms with van der Waals surface area (Å²) in [6, 6.07) is 3.23. The van der Waals surface area contributed by atoms with E-state index < -0.39 is 23.9 Å². The lowest BCUT2D eigenvalue weighted by Crippen LogP contribution is -2.43. The lowest BCUT2D eigenvalue weighted by atomic mass is 10.0. The fraction of sp³-hybridized carbons (Fsp3) is 0.750. The predicted molar refractivity (Wildman–Crippen MR) is 346 cm³/mol. The maximum absolute atomic E-state index is 14.1. The van der Waals surface area contributed by atoms with Crippen molar-refractivity contribution in [2.75, 3.05) is 160 Å². The molecule has 0 fully saturated rings. The van der Waals surface area contributed by atoms with E-state index in [1.54, 1.807) is 40.6 Å². The number of methoxy groups -OCH3 is 4. The lowest BCUT2D eigenvalue weighted by Gasteiger charge is -2.21. The summed E-state index contributed by atoms with van der Waals surface area (Å²) >= 11 is 0. The summed E-state index contributed by atoms with van der Waals surface area (Å²) in [5.41, 5.74) is 0.986. The Morgan fingerprint density at radius 1 is 0.304 bits per heavy atom. The normalized spacial score (nSPS) is 11.0. The van der Waals surface area contributed by atoms with Crippen molar-refractivity contribution in [2.45, 2.75) is 154 Å². The van der Waals surface area contributed by atoms with Crippen LogP contribution in [0.3, 0.4) is 0 Å². The number of nitrogens with one attached hydrogen (secondary N) is 10. The maximum atomic E-state index is 14.1. The first kappa shape index (κ1) is 83.6. The number of ether oxygens (including phenoxy) is 8. The number of benzene rings is 1. The summed E-state index contributed by atoms with van der Waals surface area (Å²) in [6.45, 7) is 7.04. The molecule has 28 heteroatoms. The molecule has 0 saturated heterocycles. The fourth-order valence-electron chi connectivity index (χ4n) is 8.53. The highest BCUT2D eigenvalue weighted by Crippen LogP contribution is 2.13. The molecule has 10 amide bonds. The van der Waals surface area contributed by atoms with Gasteiger partial charge in [-0.1, -0.05) is 6.92 Å². The van der Waals surface area contributed by atoms with Crippen molar-refractivity contribution in [3.8, 4) is 0 Å². The van der Waals surface area contributed by atoms with E-state index in [-0.39, 0.29) is 137 Å². The Morgan fingerprint density at radius 2 is 0.533 bits per heavy atom. The largest absolute Gasteiger partial charge is 0.385 e. The van der Waals surface area contributed by atoms with Crippen LogP contribution in [0.25, 0.3) is 0 Å². The molecule has 28 nitrogen and oxygen atoms in total. The summed E-state index contributed by atoms with van der Waals surface area (Å²) in [5.74, 6) is -2.40. The van der Waals surface area contributed by atoms with Gasteiger partial charge in [0.25, 0.3) is 11.8 Å². The Balaban J connectivity index is 3.04. The van der Waals surface area contributed by atoms with E-state index in [1.165, 1.54) is 6.07 Å². The zero-order valence-corrected chi connectivity index (χ0v) is 55.7. The van der Waals surface area contributed by atoms with Gasteiger partial charge in [0.15, 0.2) is 0 Å². The Labute approximate surface area is 545 Å². The number of aryl methyl sites for hydroxylation is 1. The molecular formula is C64H112N10O18. The van der Waals surface area contributed by atoms with Crippen molar-refractivity contribution in [1.82, 2.24) is 53.2 Å². The number of carbonyl (C=O) groups excluding carboxylic acids is 10. The molecule has 0 aliphatic rings. The van der Waals surface area contributed by atoms with Gasteiger partial charge in [0.2, 0.25) is 47.3 Å². The number of hydrogen-bond acceptors (Lipinski definition) is 18. The van der Waals surface area contributed by atoms with Gasteiger partial charge in [-0.05, 0) is 107 Å². The molecule has 0 aromatic heterocycles. The molecule has 0 saturated carbocycles. The molecule has 0 aliphatic carbocycles. The first-order valence-electron chi connectivity index (χ1n) is 32.8. The summed E-state index contributed by atoms with van der Waals surface area (Å²) in [5, 5.41) is 28.5. The minimum absolute atomic E-state index is 0.00925. The van der Waals surface area contributed by atoms with Gasteiger partial charge < -0.3 is 91.1 Å². The highest BCUT2D eigenvalue weighted by atomic mass is 16.5. The molecule has 0 spiro atoms. The van der Waals surface area contributed by atoms with Crippen LogP contribution in [0.5, 0.6) is 0 Å². The first-order valence-corrected chi connectivity index (χ1v) is 32.8. The van der Waals surface area contributed by atoms with Crippen LogP contribution in [0.2, 0.25) is 0 Å². The molecular weight excluding hydrogens is 1200 g/mol. The third kappa shape index (κ3) is 49.3. The third-order valence-electron chi connectivity index (χ3n) is 13.8. The summed E-state index contributed by atoms with van der Waals surface area (Å²) < 4.78 is 43.6. The Kier molecular flexibility index (Phi) is 53.1. The minimum Gasteiger partial charge on any atom is -0.385 e. The quantitative estimate of drug-likeness (QED) is 0.0416. The second-order valence-corrected chi connectivity index (χ2v) is 21.9. The van der Waals surface area contributed by atoms with Crippen molar-refractivity contribution in [2.24, 2.45) is 0 Å². The van der Waals surface area contributed by atoms with Crippen molar-refractivity contribution < 1.29 is 85.8 Å². The van der Waals surface area contributed by atoms with Gasteiger partial charge in [0.1, 0.15) is 0 Å². The van der Waals surface area contributed by atoms with E-state index in [1.807, 2.05) is 6.92 Å². The number of carbonyl (C=O) groups is 10. The van der Waals surface area contributed by atoms with Gasteiger partial charge in [0.05, 0.1) is 64.9 Å². The molecule has 1 rings (SSSR count). The topological polar surface area (TPSA) is 365 Å². The van der Waals surface area contributed by atoms with Gasteiger partial charge >= 0.3 is 0 Å². The van der Waals surface area contributed by atoms with Crippen molar-refractivity contribution >= 4 is 59.1 Å².